The highest BCUT2D eigenvalue weighted by molar-refractivity contribution is 5.60. The number of hydrogen-bond donors (Lipinski definition) is 2. The molecule has 2 aromatic rings. The first-order valence-corrected chi connectivity index (χ1v) is 6.56. The van der Waals surface area contributed by atoms with Gasteiger partial charge >= 0.3 is 0 Å². The maximum Gasteiger partial charge on any atom is 0.136 e. The summed E-state index contributed by atoms with van der Waals surface area (Å²) in [6.45, 7) is 6.29. The fourth-order valence-corrected chi connectivity index (χ4v) is 1.88. The van der Waals surface area contributed by atoms with Crippen molar-refractivity contribution in [3.8, 4) is 0 Å². The number of aromatic nitrogens is 2. The molecule has 0 aliphatic rings. The Hall–Kier alpha value is -2.10. The molecule has 2 rings (SSSR count). The van der Waals surface area contributed by atoms with E-state index in [0.29, 0.717) is 5.82 Å². The predicted octanol–water partition coefficient (Wildman–Crippen LogP) is 3.37. The SMILES string of the molecule is CCCc1nc(N)cc(Nc2ccc(C)c(C)c2)n1. The number of anilines is 3. The molecular formula is C15H20N4. The van der Waals surface area contributed by atoms with E-state index in [2.05, 4.69) is 48.2 Å². The van der Waals surface area contributed by atoms with Gasteiger partial charge in [0.25, 0.3) is 0 Å². The van der Waals surface area contributed by atoms with Crippen molar-refractivity contribution in [2.45, 2.75) is 33.6 Å². The van der Waals surface area contributed by atoms with Gasteiger partial charge in [-0.3, -0.25) is 0 Å². The maximum atomic E-state index is 5.81. The lowest BCUT2D eigenvalue weighted by molar-refractivity contribution is 0.839. The summed E-state index contributed by atoms with van der Waals surface area (Å²) in [6.07, 6.45) is 1.85. The Balaban J connectivity index is 2.24. The van der Waals surface area contributed by atoms with Crippen LogP contribution in [0.3, 0.4) is 0 Å². The van der Waals surface area contributed by atoms with E-state index in [9.17, 15) is 0 Å². The third kappa shape index (κ3) is 3.44. The number of aryl methyl sites for hydroxylation is 3. The minimum absolute atomic E-state index is 0.504. The minimum Gasteiger partial charge on any atom is -0.384 e. The van der Waals surface area contributed by atoms with Crippen LogP contribution in [0.1, 0.15) is 30.3 Å². The number of nitrogens with two attached hydrogens (primary N) is 1. The third-order valence-corrected chi connectivity index (χ3v) is 3.05. The summed E-state index contributed by atoms with van der Waals surface area (Å²) in [4.78, 5) is 8.69. The Labute approximate surface area is 114 Å². The average Bonchev–Trinajstić information content (AvgIpc) is 2.33. The van der Waals surface area contributed by atoms with Gasteiger partial charge in [0.15, 0.2) is 0 Å². The van der Waals surface area contributed by atoms with Crippen molar-refractivity contribution >= 4 is 17.3 Å². The average molecular weight is 256 g/mol. The minimum atomic E-state index is 0.504. The van der Waals surface area contributed by atoms with Gasteiger partial charge in [-0.15, -0.1) is 0 Å². The van der Waals surface area contributed by atoms with E-state index in [1.54, 1.807) is 6.07 Å². The molecule has 4 heteroatoms. The summed E-state index contributed by atoms with van der Waals surface area (Å²) >= 11 is 0. The first-order valence-electron chi connectivity index (χ1n) is 6.56. The van der Waals surface area contributed by atoms with Gasteiger partial charge in [-0.05, 0) is 43.5 Å². The van der Waals surface area contributed by atoms with Crippen molar-refractivity contribution in [2.75, 3.05) is 11.1 Å². The second-order valence-electron chi connectivity index (χ2n) is 4.77. The van der Waals surface area contributed by atoms with Gasteiger partial charge in [0.1, 0.15) is 17.5 Å². The molecule has 0 unspecified atom stereocenters. The molecule has 0 amide bonds. The Morgan fingerprint density at radius 2 is 1.89 bits per heavy atom. The molecule has 1 aromatic carbocycles. The summed E-state index contributed by atoms with van der Waals surface area (Å²) in [5.74, 6) is 2.04. The van der Waals surface area contributed by atoms with Crippen LogP contribution in [0.5, 0.6) is 0 Å². The zero-order valence-corrected chi connectivity index (χ0v) is 11.7. The van der Waals surface area contributed by atoms with Gasteiger partial charge in [0.05, 0.1) is 0 Å². The molecule has 1 heterocycles. The summed E-state index contributed by atoms with van der Waals surface area (Å²) in [6, 6.07) is 8.00. The smallest absolute Gasteiger partial charge is 0.136 e. The molecule has 0 saturated heterocycles. The molecule has 0 saturated carbocycles. The molecule has 0 atom stereocenters. The quantitative estimate of drug-likeness (QED) is 0.880. The van der Waals surface area contributed by atoms with Crippen molar-refractivity contribution in [3.05, 3.63) is 41.2 Å². The van der Waals surface area contributed by atoms with Crippen LogP contribution in [-0.2, 0) is 6.42 Å². The normalized spacial score (nSPS) is 10.5. The lowest BCUT2D eigenvalue weighted by Crippen LogP contribution is -2.03. The number of nitrogens with one attached hydrogen (secondary N) is 1. The number of hydrogen-bond acceptors (Lipinski definition) is 4. The van der Waals surface area contributed by atoms with Crippen molar-refractivity contribution in [2.24, 2.45) is 0 Å². The molecule has 4 nitrogen and oxygen atoms in total. The second-order valence-corrected chi connectivity index (χ2v) is 4.77. The molecule has 3 N–H and O–H groups in total. The van der Waals surface area contributed by atoms with Gasteiger partial charge < -0.3 is 11.1 Å². The van der Waals surface area contributed by atoms with Gasteiger partial charge in [0, 0.05) is 18.2 Å². The fraction of sp³-hybridized carbons (Fsp3) is 0.333. The number of benzene rings is 1. The number of rotatable bonds is 4. The molecule has 19 heavy (non-hydrogen) atoms. The van der Waals surface area contributed by atoms with Crippen LogP contribution in [0.4, 0.5) is 17.3 Å². The molecule has 0 spiro atoms. The van der Waals surface area contributed by atoms with Crippen molar-refractivity contribution in [1.82, 2.24) is 9.97 Å². The predicted molar refractivity (Wildman–Crippen MR) is 79.6 cm³/mol. The Kier molecular flexibility index (Phi) is 4.00. The highest BCUT2D eigenvalue weighted by Gasteiger charge is 2.03. The summed E-state index contributed by atoms with van der Waals surface area (Å²) in [5.41, 5.74) is 9.35. The maximum absolute atomic E-state index is 5.81. The summed E-state index contributed by atoms with van der Waals surface area (Å²) < 4.78 is 0. The van der Waals surface area contributed by atoms with E-state index in [0.717, 1.165) is 30.2 Å². The molecule has 100 valence electrons. The monoisotopic (exact) mass is 256 g/mol. The molecule has 0 bridgehead atoms. The van der Waals surface area contributed by atoms with Gasteiger partial charge in [-0.1, -0.05) is 13.0 Å². The van der Waals surface area contributed by atoms with Gasteiger partial charge in [0.2, 0.25) is 0 Å². The van der Waals surface area contributed by atoms with Crippen LogP contribution in [0.2, 0.25) is 0 Å². The molecule has 1 aromatic heterocycles. The molecular weight excluding hydrogens is 236 g/mol. The third-order valence-electron chi connectivity index (χ3n) is 3.05. The first-order chi connectivity index (χ1) is 9.08. The number of nitrogen functional groups attached to an aromatic ring is 1. The molecule has 0 radical (unpaired) electrons. The Bertz CT molecular complexity index is 578. The standard InChI is InChI=1S/C15H20N4/c1-4-5-14-18-13(16)9-15(19-14)17-12-7-6-10(2)11(3)8-12/h6-9H,4-5H2,1-3H3,(H3,16,17,18,19). The fourth-order valence-electron chi connectivity index (χ4n) is 1.88. The zero-order valence-electron chi connectivity index (χ0n) is 11.7. The van der Waals surface area contributed by atoms with E-state index in [-0.39, 0.29) is 0 Å². The van der Waals surface area contributed by atoms with Gasteiger partial charge in [-0.25, -0.2) is 9.97 Å². The second kappa shape index (κ2) is 5.69. The summed E-state index contributed by atoms with van der Waals surface area (Å²) in [5, 5.41) is 3.28. The largest absolute Gasteiger partial charge is 0.384 e. The lowest BCUT2D eigenvalue weighted by atomic mass is 10.1. The topological polar surface area (TPSA) is 63.8 Å². The van der Waals surface area contributed by atoms with Crippen LogP contribution >= 0.6 is 0 Å². The van der Waals surface area contributed by atoms with Crippen molar-refractivity contribution < 1.29 is 0 Å². The highest BCUT2D eigenvalue weighted by Crippen LogP contribution is 2.19. The van der Waals surface area contributed by atoms with Crippen molar-refractivity contribution in [3.63, 3.8) is 0 Å². The van der Waals surface area contributed by atoms with Crippen LogP contribution < -0.4 is 11.1 Å². The highest BCUT2D eigenvalue weighted by atomic mass is 15.0. The lowest BCUT2D eigenvalue weighted by Gasteiger charge is -2.09. The molecule has 0 aliphatic carbocycles. The van der Waals surface area contributed by atoms with E-state index < -0.39 is 0 Å². The van der Waals surface area contributed by atoms with Crippen molar-refractivity contribution in [1.29, 1.82) is 0 Å². The van der Waals surface area contributed by atoms with E-state index in [4.69, 9.17) is 5.73 Å². The van der Waals surface area contributed by atoms with E-state index >= 15 is 0 Å². The number of nitrogens with zero attached hydrogens (tertiary/aromatic N) is 2. The Morgan fingerprint density at radius 1 is 1.11 bits per heavy atom. The molecule has 0 fully saturated rings. The van der Waals surface area contributed by atoms with Crippen LogP contribution in [0, 0.1) is 13.8 Å². The van der Waals surface area contributed by atoms with Crippen LogP contribution in [0.25, 0.3) is 0 Å². The first kappa shape index (κ1) is 13.3. The summed E-state index contributed by atoms with van der Waals surface area (Å²) in [7, 11) is 0. The van der Waals surface area contributed by atoms with E-state index in [1.807, 2.05) is 6.07 Å². The van der Waals surface area contributed by atoms with Gasteiger partial charge in [-0.2, -0.15) is 0 Å². The van der Waals surface area contributed by atoms with E-state index in [1.165, 1.54) is 11.1 Å². The Morgan fingerprint density at radius 3 is 2.58 bits per heavy atom. The zero-order chi connectivity index (χ0) is 13.8. The molecule has 0 aliphatic heterocycles. The van der Waals surface area contributed by atoms with Crippen LogP contribution in [-0.4, -0.2) is 9.97 Å². The van der Waals surface area contributed by atoms with Crippen LogP contribution in [0.15, 0.2) is 24.3 Å².